The van der Waals surface area contributed by atoms with Gasteiger partial charge in [0, 0.05) is 25.8 Å². The summed E-state index contributed by atoms with van der Waals surface area (Å²) in [6.07, 6.45) is 2.01. The second kappa shape index (κ2) is 8.47. The zero-order chi connectivity index (χ0) is 15.0. The normalized spacial score (nSPS) is 10.4. The summed E-state index contributed by atoms with van der Waals surface area (Å²) >= 11 is 0. The number of hydrogen-bond acceptors (Lipinski definition) is 3. The molecule has 1 aromatic carbocycles. The van der Waals surface area contributed by atoms with Crippen LogP contribution in [0.2, 0.25) is 0 Å². The Bertz CT molecular complexity index is 430. The highest BCUT2D eigenvalue weighted by Crippen LogP contribution is 2.19. The Balaban J connectivity index is 2.48. The van der Waals surface area contributed by atoms with Gasteiger partial charge in [-0.3, -0.25) is 4.79 Å². The van der Waals surface area contributed by atoms with E-state index in [-0.39, 0.29) is 11.3 Å². The predicted molar refractivity (Wildman–Crippen MR) is 74.0 cm³/mol. The van der Waals surface area contributed by atoms with Gasteiger partial charge in [0.25, 0.3) is 5.91 Å². The topological polar surface area (TPSA) is 50.4 Å². The van der Waals surface area contributed by atoms with Gasteiger partial charge >= 0.3 is 0 Å². The van der Waals surface area contributed by atoms with E-state index < -0.39 is 17.5 Å². The Morgan fingerprint density at radius 1 is 1.25 bits per heavy atom. The molecule has 1 aromatic rings. The van der Waals surface area contributed by atoms with Crippen LogP contribution < -0.4 is 10.6 Å². The summed E-state index contributed by atoms with van der Waals surface area (Å²) in [5, 5.41) is 4.95. The van der Waals surface area contributed by atoms with Crippen molar-refractivity contribution in [2.24, 2.45) is 0 Å². The second-order valence-corrected chi connectivity index (χ2v) is 4.29. The molecule has 6 heteroatoms. The summed E-state index contributed by atoms with van der Waals surface area (Å²) in [5.41, 5.74) is -0.294. The largest absolute Gasteiger partial charge is 0.383 e. The van der Waals surface area contributed by atoms with Crippen LogP contribution in [0.3, 0.4) is 0 Å². The first-order valence-corrected chi connectivity index (χ1v) is 6.62. The summed E-state index contributed by atoms with van der Waals surface area (Å²) in [6.45, 7) is 3.39. The van der Waals surface area contributed by atoms with E-state index in [9.17, 15) is 13.6 Å². The first kappa shape index (κ1) is 16.4. The lowest BCUT2D eigenvalue weighted by Crippen LogP contribution is -2.27. The molecule has 20 heavy (non-hydrogen) atoms. The van der Waals surface area contributed by atoms with Gasteiger partial charge in [-0.1, -0.05) is 13.3 Å². The molecule has 0 aromatic heterocycles. The van der Waals surface area contributed by atoms with E-state index in [4.69, 9.17) is 4.74 Å². The number of hydrogen-bond donors (Lipinski definition) is 2. The average molecular weight is 286 g/mol. The van der Waals surface area contributed by atoms with Crippen molar-refractivity contribution in [2.75, 3.05) is 32.1 Å². The minimum absolute atomic E-state index is 0.0486. The lowest BCUT2D eigenvalue weighted by atomic mass is 10.1. The number of rotatable bonds is 8. The first-order chi connectivity index (χ1) is 9.60. The maximum Gasteiger partial charge on any atom is 0.251 e. The van der Waals surface area contributed by atoms with Crippen LogP contribution in [0.5, 0.6) is 0 Å². The number of halogens is 2. The molecule has 4 nitrogen and oxygen atoms in total. The van der Waals surface area contributed by atoms with E-state index in [1.807, 2.05) is 0 Å². The lowest BCUT2D eigenvalue weighted by Gasteiger charge is -2.09. The molecule has 112 valence electrons. The molecule has 0 heterocycles. The van der Waals surface area contributed by atoms with E-state index in [2.05, 4.69) is 17.6 Å². The summed E-state index contributed by atoms with van der Waals surface area (Å²) in [4.78, 5) is 11.7. The molecule has 0 aliphatic rings. The van der Waals surface area contributed by atoms with E-state index in [1.54, 1.807) is 0 Å². The van der Waals surface area contributed by atoms with Gasteiger partial charge in [0.15, 0.2) is 0 Å². The number of anilines is 1. The second-order valence-electron chi connectivity index (χ2n) is 4.29. The van der Waals surface area contributed by atoms with Crippen LogP contribution in [-0.4, -0.2) is 32.7 Å². The molecule has 0 aliphatic heterocycles. The Kier molecular flexibility index (Phi) is 6.93. The van der Waals surface area contributed by atoms with Crippen LogP contribution in [-0.2, 0) is 4.74 Å². The smallest absolute Gasteiger partial charge is 0.251 e. The molecule has 1 amide bonds. The van der Waals surface area contributed by atoms with Crippen LogP contribution in [0, 0.1) is 11.6 Å². The number of nitrogens with one attached hydrogen (secondary N) is 2. The number of carbonyl (C=O) groups is 1. The van der Waals surface area contributed by atoms with Crippen molar-refractivity contribution >= 4 is 11.6 Å². The van der Waals surface area contributed by atoms with Crippen molar-refractivity contribution in [1.29, 1.82) is 0 Å². The fourth-order valence-corrected chi connectivity index (χ4v) is 1.63. The van der Waals surface area contributed by atoms with E-state index in [0.717, 1.165) is 25.0 Å². The van der Waals surface area contributed by atoms with Gasteiger partial charge in [-0.2, -0.15) is 0 Å². The number of carbonyl (C=O) groups excluding carboxylic acids is 1. The third-order valence-electron chi connectivity index (χ3n) is 2.73. The molecule has 0 saturated carbocycles. The molecule has 0 spiro atoms. The third kappa shape index (κ3) is 4.77. The Morgan fingerprint density at radius 3 is 2.45 bits per heavy atom. The van der Waals surface area contributed by atoms with E-state index in [1.165, 1.54) is 7.05 Å². The molecular weight excluding hydrogens is 266 g/mol. The quantitative estimate of drug-likeness (QED) is 0.722. The third-order valence-corrected chi connectivity index (χ3v) is 2.73. The Morgan fingerprint density at radius 2 is 1.90 bits per heavy atom. The van der Waals surface area contributed by atoms with Crippen LogP contribution in [0.15, 0.2) is 12.1 Å². The molecule has 2 N–H and O–H groups in total. The lowest BCUT2D eigenvalue weighted by molar-refractivity contribution is 0.0912. The highest BCUT2D eigenvalue weighted by Gasteiger charge is 2.13. The van der Waals surface area contributed by atoms with Crippen LogP contribution in [0.25, 0.3) is 0 Å². The fourth-order valence-electron chi connectivity index (χ4n) is 1.63. The number of unbranched alkanes of at least 4 members (excludes halogenated alkanes) is 1. The summed E-state index contributed by atoms with van der Waals surface area (Å²) in [6, 6.07) is 2.00. The van der Waals surface area contributed by atoms with Gasteiger partial charge < -0.3 is 15.4 Å². The minimum Gasteiger partial charge on any atom is -0.383 e. The zero-order valence-electron chi connectivity index (χ0n) is 11.8. The Hall–Kier alpha value is -1.69. The Labute approximate surface area is 117 Å². The van der Waals surface area contributed by atoms with E-state index in [0.29, 0.717) is 19.8 Å². The highest BCUT2D eigenvalue weighted by molar-refractivity contribution is 5.94. The zero-order valence-corrected chi connectivity index (χ0v) is 11.8. The van der Waals surface area contributed by atoms with Crippen molar-refractivity contribution in [3.05, 3.63) is 29.3 Å². The van der Waals surface area contributed by atoms with Crippen molar-refractivity contribution in [2.45, 2.75) is 19.8 Å². The van der Waals surface area contributed by atoms with Crippen molar-refractivity contribution in [3.8, 4) is 0 Å². The SMILES string of the molecule is CCCCOCCNC(=O)c1cc(F)c(NC)c(F)c1. The molecule has 0 aliphatic carbocycles. The van der Waals surface area contributed by atoms with Crippen molar-refractivity contribution in [1.82, 2.24) is 5.32 Å². The van der Waals surface area contributed by atoms with Gasteiger partial charge in [0.05, 0.1) is 6.61 Å². The molecule has 0 unspecified atom stereocenters. The van der Waals surface area contributed by atoms with Crippen molar-refractivity contribution in [3.63, 3.8) is 0 Å². The molecule has 1 rings (SSSR count). The predicted octanol–water partition coefficient (Wildman–Crippen LogP) is 2.55. The monoisotopic (exact) mass is 286 g/mol. The molecule has 0 atom stereocenters. The maximum atomic E-state index is 13.5. The first-order valence-electron chi connectivity index (χ1n) is 6.62. The van der Waals surface area contributed by atoms with Crippen molar-refractivity contribution < 1.29 is 18.3 Å². The number of amides is 1. The molecule has 0 bridgehead atoms. The summed E-state index contributed by atoms with van der Waals surface area (Å²) in [5.74, 6) is -2.11. The van der Waals surface area contributed by atoms with Gasteiger partial charge in [0.1, 0.15) is 17.3 Å². The summed E-state index contributed by atoms with van der Waals surface area (Å²) in [7, 11) is 1.41. The van der Waals surface area contributed by atoms with E-state index >= 15 is 0 Å². The number of ether oxygens (including phenoxy) is 1. The van der Waals surface area contributed by atoms with Gasteiger partial charge in [-0.25, -0.2) is 8.78 Å². The maximum absolute atomic E-state index is 13.5. The van der Waals surface area contributed by atoms with Gasteiger partial charge in [-0.15, -0.1) is 0 Å². The number of benzene rings is 1. The molecular formula is C14H20F2N2O2. The average Bonchev–Trinajstić information content (AvgIpc) is 2.42. The van der Waals surface area contributed by atoms with Crippen LogP contribution >= 0.6 is 0 Å². The fraction of sp³-hybridized carbons (Fsp3) is 0.500. The molecule has 0 radical (unpaired) electrons. The van der Waals surface area contributed by atoms with Crippen LogP contribution in [0.1, 0.15) is 30.1 Å². The summed E-state index contributed by atoms with van der Waals surface area (Å²) < 4.78 is 32.3. The molecule has 0 saturated heterocycles. The molecule has 0 fully saturated rings. The standard InChI is InChI=1S/C14H20F2N2O2/c1-3-4-6-20-7-5-18-14(19)10-8-11(15)13(17-2)12(16)9-10/h8-9,17H,3-7H2,1-2H3,(H,18,19). The van der Waals surface area contributed by atoms with Gasteiger partial charge in [0.2, 0.25) is 0 Å². The van der Waals surface area contributed by atoms with Crippen LogP contribution in [0.4, 0.5) is 14.5 Å². The minimum atomic E-state index is -0.795. The highest BCUT2D eigenvalue weighted by atomic mass is 19.1. The van der Waals surface area contributed by atoms with Gasteiger partial charge in [-0.05, 0) is 18.6 Å².